The fraction of sp³-hybridized carbons (Fsp3) is 0.417. The van der Waals surface area contributed by atoms with Gasteiger partial charge in [0, 0.05) is 12.1 Å². The summed E-state index contributed by atoms with van der Waals surface area (Å²) in [6.07, 6.45) is 2.23. The quantitative estimate of drug-likeness (QED) is 0.613. The van der Waals surface area contributed by atoms with Crippen LogP contribution < -0.4 is 10.6 Å². The summed E-state index contributed by atoms with van der Waals surface area (Å²) in [5.74, 6) is -0.175. The summed E-state index contributed by atoms with van der Waals surface area (Å²) in [7, 11) is 0. The van der Waals surface area contributed by atoms with Gasteiger partial charge in [-0.2, -0.15) is 0 Å². The molecule has 0 atom stereocenters. The largest absolute Gasteiger partial charge is 0.324 e. The molecule has 18 heavy (non-hydrogen) atoms. The van der Waals surface area contributed by atoms with E-state index in [1.807, 2.05) is 0 Å². The average Bonchev–Trinajstić information content (AvgIpc) is 3.13. The molecule has 2 rings (SSSR count). The normalized spacial score (nSPS) is 14.3. The SMILES string of the molecule is Cc1c(NC(=O)CNC2CC2)cccc1[N+](=O)[O-]. The Morgan fingerprint density at radius 1 is 1.50 bits per heavy atom. The van der Waals surface area contributed by atoms with E-state index in [1.165, 1.54) is 6.07 Å². The number of hydrogen-bond donors (Lipinski definition) is 2. The first-order valence-electron chi connectivity index (χ1n) is 5.85. The molecule has 1 amide bonds. The fourth-order valence-corrected chi connectivity index (χ4v) is 1.68. The van der Waals surface area contributed by atoms with Crippen molar-refractivity contribution >= 4 is 17.3 Å². The number of nitrogens with zero attached hydrogens (tertiary/aromatic N) is 1. The maximum atomic E-state index is 11.6. The third kappa shape index (κ3) is 3.04. The number of nitro benzene ring substituents is 1. The zero-order valence-corrected chi connectivity index (χ0v) is 10.1. The summed E-state index contributed by atoms with van der Waals surface area (Å²) >= 11 is 0. The van der Waals surface area contributed by atoms with Gasteiger partial charge in [-0.3, -0.25) is 14.9 Å². The van der Waals surface area contributed by atoms with Crippen molar-refractivity contribution in [2.45, 2.75) is 25.8 Å². The molecule has 0 spiro atoms. The molecule has 6 heteroatoms. The topological polar surface area (TPSA) is 84.3 Å². The van der Waals surface area contributed by atoms with Crippen LogP contribution >= 0.6 is 0 Å². The Morgan fingerprint density at radius 3 is 2.83 bits per heavy atom. The Balaban J connectivity index is 2.01. The van der Waals surface area contributed by atoms with Crippen molar-refractivity contribution in [3.63, 3.8) is 0 Å². The highest BCUT2D eigenvalue weighted by molar-refractivity contribution is 5.93. The minimum Gasteiger partial charge on any atom is -0.324 e. The van der Waals surface area contributed by atoms with Crippen molar-refractivity contribution in [3.05, 3.63) is 33.9 Å². The van der Waals surface area contributed by atoms with Crippen LogP contribution in [0.2, 0.25) is 0 Å². The lowest BCUT2D eigenvalue weighted by Crippen LogP contribution is -2.29. The van der Waals surface area contributed by atoms with Crippen LogP contribution in [0.25, 0.3) is 0 Å². The maximum absolute atomic E-state index is 11.6. The number of hydrogen-bond acceptors (Lipinski definition) is 4. The lowest BCUT2D eigenvalue weighted by Gasteiger charge is -2.08. The van der Waals surface area contributed by atoms with Gasteiger partial charge in [-0.1, -0.05) is 6.07 Å². The van der Waals surface area contributed by atoms with Gasteiger partial charge in [0.15, 0.2) is 0 Å². The Bertz CT molecular complexity index is 483. The smallest absolute Gasteiger partial charge is 0.274 e. The van der Waals surface area contributed by atoms with E-state index in [0.717, 1.165) is 12.8 Å². The Hall–Kier alpha value is -1.95. The molecule has 0 saturated heterocycles. The molecule has 2 N–H and O–H groups in total. The number of carbonyl (C=O) groups is 1. The van der Waals surface area contributed by atoms with Gasteiger partial charge in [0.05, 0.1) is 22.7 Å². The van der Waals surface area contributed by atoms with Crippen LogP contribution in [0.3, 0.4) is 0 Å². The van der Waals surface area contributed by atoms with Crippen molar-refractivity contribution < 1.29 is 9.72 Å². The number of benzene rings is 1. The van der Waals surface area contributed by atoms with Crippen molar-refractivity contribution in [1.82, 2.24) is 5.32 Å². The molecule has 1 saturated carbocycles. The first-order chi connectivity index (χ1) is 8.58. The van der Waals surface area contributed by atoms with E-state index in [1.54, 1.807) is 19.1 Å². The van der Waals surface area contributed by atoms with E-state index in [0.29, 0.717) is 17.3 Å². The molecule has 0 bridgehead atoms. The summed E-state index contributed by atoms with van der Waals surface area (Å²) in [4.78, 5) is 21.9. The predicted molar refractivity (Wildman–Crippen MR) is 67.5 cm³/mol. The van der Waals surface area contributed by atoms with E-state index in [-0.39, 0.29) is 18.1 Å². The number of nitrogens with one attached hydrogen (secondary N) is 2. The van der Waals surface area contributed by atoms with Crippen LogP contribution in [0, 0.1) is 17.0 Å². The third-order valence-corrected chi connectivity index (χ3v) is 2.90. The predicted octanol–water partition coefficient (Wildman–Crippen LogP) is 1.59. The fourth-order valence-electron chi connectivity index (χ4n) is 1.68. The highest BCUT2D eigenvalue weighted by atomic mass is 16.6. The number of rotatable bonds is 5. The summed E-state index contributed by atoms with van der Waals surface area (Å²) < 4.78 is 0. The molecule has 96 valence electrons. The second-order valence-electron chi connectivity index (χ2n) is 4.41. The summed E-state index contributed by atoms with van der Waals surface area (Å²) in [5, 5.41) is 16.5. The zero-order chi connectivity index (χ0) is 13.1. The number of carbonyl (C=O) groups excluding carboxylic acids is 1. The van der Waals surface area contributed by atoms with E-state index < -0.39 is 4.92 Å². The first-order valence-corrected chi connectivity index (χ1v) is 5.85. The van der Waals surface area contributed by atoms with Crippen molar-refractivity contribution in [2.24, 2.45) is 0 Å². The minimum atomic E-state index is -0.451. The number of anilines is 1. The maximum Gasteiger partial charge on any atom is 0.274 e. The van der Waals surface area contributed by atoms with Crippen LogP contribution in [-0.4, -0.2) is 23.4 Å². The minimum absolute atomic E-state index is 0.0166. The summed E-state index contributed by atoms with van der Waals surface area (Å²) in [6.45, 7) is 1.87. The Kier molecular flexibility index (Phi) is 3.57. The molecule has 0 heterocycles. The van der Waals surface area contributed by atoms with Crippen molar-refractivity contribution in [3.8, 4) is 0 Å². The van der Waals surface area contributed by atoms with E-state index in [2.05, 4.69) is 10.6 Å². The number of nitro groups is 1. The van der Waals surface area contributed by atoms with Crippen molar-refractivity contribution in [1.29, 1.82) is 0 Å². The number of amides is 1. The molecular formula is C12H15N3O3. The van der Waals surface area contributed by atoms with Gasteiger partial charge in [0.1, 0.15) is 0 Å². The van der Waals surface area contributed by atoms with Gasteiger partial charge >= 0.3 is 0 Å². The second-order valence-corrected chi connectivity index (χ2v) is 4.41. The van der Waals surface area contributed by atoms with E-state index >= 15 is 0 Å². The molecule has 1 fully saturated rings. The van der Waals surface area contributed by atoms with Crippen LogP contribution in [0.5, 0.6) is 0 Å². The van der Waals surface area contributed by atoms with Crippen LogP contribution in [0.4, 0.5) is 11.4 Å². The van der Waals surface area contributed by atoms with Crippen LogP contribution in [0.1, 0.15) is 18.4 Å². The van der Waals surface area contributed by atoms with Gasteiger partial charge in [0.2, 0.25) is 5.91 Å². The van der Waals surface area contributed by atoms with Crippen LogP contribution in [0.15, 0.2) is 18.2 Å². The van der Waals surface area contributed by atoms with Gasteiger partial charge in [-0.25, -0.2) is 0 Å². The lowest BCUT2D eigenvalue weighted by molar-refractivity contribution is -0.385. The van der Waals surface area contributed by atoms with Crippen molar-refractivity contribution in [2.75, 3.05) is 11.9 Å². The van der Waals surface area contributed by atoms with Gasteiger partial charge in [-0.05, 0) is 25.8 Å². The molecule has 1 aliphatic carbocycles. The van der Waals surface area contributed by atoms with Crippen LogP contribution in [-0.2, 0) is 4.79 Å². The molecule has 0 radical (unpaired) electrons. The Morgan fingerprint density at radius 2 is 2.22 bits per heavy atom. The molecule has 0 aromatic heterocycles. The van der Waals surface area contributed by atoms with E-state index in [9.17, 15) is 14.9 Å². The molecule has 1 aliphatic rings. The monoisotopic (exact) mass is 249 g/mol. The molecular weight excluding hydrogens is 234 g/mol. The molecule has 6 nitrogen and oxygen atoms in total. The van der Waals surface area contributed by atoms with Gasteiger partial charge < -0.3 is 10.6 Å². The summed E-state index contributed by atoms with van der Waals surface area (Å²) in [5.41, 5.74) is 0.983. The third-order valence-electron chi connectivity index (χ3n) is 2.90. The van der Waals surface area contributed by atoms with E-state index in [4.69, 9.17) is 0 Å². The average molecular weight is 249 g/mol. The molecule has 0 aliphatic heterocycles. The first kappa shape index (κ1) is 12.5. The molecule has 0 unspecified atom stereocenters. The lowest BCUT2D eigenvalue weighted by atomic mass is 10.1. The van der Waals surface area contributed by atoms with Gasteiger partial charge in [0.25, 0.3) is 5.69 Å². The molecule has 1 aromatic rings. The summed E-state index contributed by atoms with van der Waals surface area (Å²) in [6, 6.07) is 5.11. The van der Waals surface area contributed by atoms with Gasteiger partial charge in [-0.15, -0.1) is 0 Å². The molecule has 1 aromatic carbocycles. The zero-order valence-electron chi connectivity index (χ0n) is 10.1. The Labute approximate surface area is 105 Å². The highest BCUT2D eigenvalue weighted by Crippen LogP contribution is 2.25. The highest BCUT2D eigenvalue weighted by Gasteiger charge is 2.21. The standard InChI is InChI=1S/C12H15N3O3/c1-8-10(3-2-4-11(8)15(17)18)14-12(16)7-13-9-5-6-9/h2-4,9,13H,5-7H2,1H3,(H,14,16). The second kappa shape index (κ2) is 5.14.